The Labute approximate surface area is 91.7 Å². The van der Waals surface area contributed by atoms with Gasteiger partial charge in [-0.1, -0.05) is 20.3 Å². The zero-order chi connectivity index (χ0) is 11.1. The molecule has 2 heteroatoms. The molecule has 0 radical (unpaired) electrons. The first-order valence-corrected chi connectivity index (χ1v) is 5.93. The summed E-state index contributed by atoms with van der Waals surface area (Å²) in [4.78, 5) is 11.5. The molecule has 0 aromatic heterocycles. The predicted molar refractivity (Wildman–Crippen MR) is 58.0 cm³/mol. The van der Waals surface area contributed by atoms with Gasteiger partial charge >= 0.3 is 0 Å². The van der Waals surface area contributed by atoms with Crippen LogP contribution in [0.3, 0.4) is 0 Å². The van der Waals surface area contributed by atoms with Gasteiger partial charge in [-0.2, -0.15) is 5.26 Å². The van der Waals surface area contributed by atoms with E-state index in [1.54, 1.807) is 0 Å². The van der Waals surface area contributed by atoms with Gasteiger partial charge in [-0.05, 0) is 30.6 Å². The Bertz CT molecular complexity index is 326. The molecule has 0 spiro atoms. The van der Waals surface area contributed by atoms with E-state index in [1.807, 2.05) is 0 Å². The molecule has 2 aliphatic carbocycles. The van der Waals surface area contributed by atoms with E-state index in [0.717, 1.165) is 19.3 Å². The van der Waals surface area contributed by atoms with E-state index in [9.17, 15) is 10.1 Å². The first-order chi connectivity index (χ1) is 7.00. The molecule has 0 aromatic rings. The van der Waals surface area contributed by atoms with Gasteiger partial charge in [-0.15, -0.1) is 0 Å². The number of nitrogens with zero attached hydrogens (tertiary/aromatic N) is 1. The third kappa shape index (κ3) is 1.58. The summed E-state index contributed by atoms with van der Waals surface area (Å²) in [5.41, 5.74) is -0.0776. The van der Waals surface area contributed by atoms with Crippen molar-refractivity contribution in [1.29, 1.82) is 5.26 Å². The summed E-state index contributed by atoms with van der Waals surface area (Å²) in [5.74, 6) is 0.729. The Hall–Kier alpha value is -0.840. The highest BCUT2D eigenvalue weighted by atomic mass is 16.1. The summed E-state index contributed by atoms with van der Waals surface area (Å²) in [6.07, 6.45) is 5.37. The van der Waals surface area contributed by atoms with Crippen molar-refractivity contribution in [3.05, 3.63) is 0 Å². The lowest BCUT2D eigenvalue weighted by molar-refractivity contribution is -0.128. The third-order valence-electron chi connectivity index (χ3n) is 4.50. The van der Waals surface area contributed by atoms with Crippen LogP contribution in [0.4, 0.5) is 0 Å². The number of Topliss-reactive ketones (excluding diaryl/α,β-unsaturated/α-hetero) is 1. The van der Waals surface area contributed by atoms with Gasteiger partial charge in [0.15, 0.2) is 0 Å². The number of hydrogen-bond acceptors (Lipinski definition) is 2. The lowest BCUT2D eigenvalue weighted by Gasteiger charge is -2.51. The van der Waals surface area contributed by atoms with Gasteiger partial charge in [0.1, 0.15) is 5.78 Å². The van der Waals surface area contributed by atoms with Crippen LogP contribution in [0.15, 0.2) is 0 Å². The smallest absolute Gasteiger partial charge is 0.134 e. The molecule has 2 fully saturated rings. The van der Waals surface area contributed by atoms with Gasteiger partial charge in [-0.25, -0.2) is 0 Å². The van der Waals surface area contributed by atoms with E-state index in [0.29, 0.717) is 24.5 Å². The normalized spacial score (nSPS) is 39.3. The van der Waals surface area contributed by atoms with Crippen LogP contribution in [0, 0.1) is 28.1 Å². The molecule has 0 unspecified atom stereocenters. The Morgan fingerprint density at radius 1 is 1.40 bits per heavy atom. The molecule has 0 amide bonds. The van der Waals surface area contributed by atoms with Gasteiger partial charge in [0.05, 0.1) is 11.5 Å². The minimum Gasteiger partial charge on any atom is -0.300 e. The summed E-state index contributed by atoms with van der Waals surface area (Å²) in [6, 6.07) is 2.48. The second kappa shape index (κ2) is 3.33. The molecule has 2 atom stereocenters. The average Bonchev–Trinajstić information content (AvgIpc) is 2.16. The number of nitriles is 1. The molecule has 0 N–H and O–H groups in total. The number of rotatable bonds is 0. The fourth-order valence-corrected chi connectivity index (χ4v) is 3.75. The summed E-state index contributed by atoms with van der Waals surface area (Å²) in [5, 5.41) is 9.42. The van der Waals surface area contributed by atoms with E-state index in [2.05, 4.69) is 19.9 Å². The molecule has 0 saturated heterocycles. The van der Waals surface area contributed by atoms with Crippen LogP contribution in [0.25, 0.3) is 0 Å². The van der Waals surface area contributed by atoms with Crippen molar-refractivity contribution >= 4 is 5.78 Å². The minimum absolute atomic E-state index is 0.245. The number of carbonyl (C=O) groups excluding carboxylic acids is 1. The Balaban J connectivity index is 2.35. The number of fused-ring (bicyclic) bond motifs is 1. The second-order valence-electron chi connectivity index (χ2n) is 5.92. The van der Waals surface area contributed by atoms with E-state index in [-0.39, 0.29) is 10.8 Å². The molecule has 0 aliphatic heterocycles. The Morgan fingerprint density at radius 2 is 2.13 bits per heavy atom. The zero-order valence-electron chi connectivity index (χ0n) is 9.68. The fraction of sp³-hybridized carbons (Fsp3) is 0.846. The van der Waals surface area contributed by atoms with Crippen LogP contribution in [0.2, 0.25) is 0 Å². The van der Waals surface area contributed by atoms with E-state index >= 15 is 0 Å². The van der Waals surface area contributed by atoms with E-state index < -0.39 is 0 Å². The molecule has 2 rings (SSSR count). The molecular formula is C13H19NO. The summed E-state index contributed by atoms with van der Waals surface area (Å²) in [6.45, 7) is 4.53. The standard InChI is InChI=1S/C13H19NO/c1-12(2)6-3-7-13(9-14)8-10(15)4-5-11(12)13/h11H,3-8H2,1-2H3/t11-,13+/m0/s1. The highest BCUT2D eigenvalue weighted by molar-refractivity contribution is 5.80. The van der Waals surface area contributed by atoms with Gasteiger partial charge in [0.25, 0.3) is 0 Å². The predicted octanol–water partition coefficient (Wildman–Crippen LogP) is 3.08. The first kappa shape index (κ1) is 10.7. The topological polar surface area (TPSA) is 40.9 Å². The van der Waals surface area contributed by atoms with Crippen LogP contribution >= 0.6 is 0 Å². The van der Waals surface area contributed by atoms with Gasteiger partial charge < -0.3 is 0 Å². The maximum atomic E-state index is 11.5. The Morgan fingerprint density at radius 3 is 2.80 bits per heavy atom. The van der Waals surface area contributed by atoms with Crippen molar-refractivity contribution in [3.8, 4) is 6.07 Å². The summed E-state index contributed by atoms with van der Waals surface area (Å²) >= 11 is 0. The molecule has 0 heterocycles. The van der Waals surface area contributed by atoms with Crippen molar-refractivity contribution in [3.63, 3.8) is 0 Å². The van der Waals surface area contributed by atoms with Crippen molar-refractivity contribution < 1.29 is 4.79 Å². The molecule has 2 saturated carbocycles. The average molecular weight is 205 g/mol. The van der Waals surface area contributed by atoms with Crippen LogP contribution < -0.4 is 0 Å². The monoisotopic (exact) mass is 205 g/mol. The van der Waals surface area contributed by atoms with Gasteiger partial charge in [-0.3, -0.25) is 4.79 Å². The molecule has 0 bridgehead atoms. The maximum Gasteiger partial charge on any atom is 0.134 e. The van der Waals surface area contributed by atoms with Crippen LogP contribution in [0.5, 0.6) is 0 Å². The molecule has 82 valence electrons. The largest absolute Gasteiger partial charge is 0.300 e. The number of hydrogen-bond donors (Lipinski definition) is 0. The van der Waals surface area contributed by atoms with E-state index in [1.165, 1.54) is 6.42 Å². The molecular weight excluding hydrogens is 186 g/mol. The number of ketones is 1. The highest BCUT2D eigenvalue weighted by Gasteiger charge is 2.52. The SMILES string of the molecule is CC1(C)CCC[C@]2(C#N)CC(=O)CC[C@@H]12. The zero-order valence-corrected chi connectivity index (χ0v) is 9.68. The lowest BCUT2D eigenvalue weighted by atomic mass is 9.51. The fourth-order valence-electron chi connectivity index (χ4n) is 3.75. The summed E-state index contributed by atoms with van der Waals surface area (Å²) in [7, 11) is 0. The Kier molecular flexibility index (Phi) is 2.37. The van der Waals surface area contributed by atoms with Crippen molar-refractivity contribution in [2.45, 2.75) is 52.4 Å². The van der Waals surface area contributed by atoms with Gasteiger partial charge in [0, 0.05) is 12.8 Å². The summed E-state index contributed by atoms with van der Waals surface area (Å²) < 4.78 is 0. The molecule has 2 aliphatic rings. The van der Waals surface area contributed by atoms with Crippen LogP contribution in [-0.4, -0.2) is 5.78 Å². The minimum atomic E-state index is -0.322. The van der Waals surface area contributed by atoms with Gasteiger partial charge in [0.2, 0.25) is 0 Å². The van der Waals surface area contributed by atoms with Crippen molar-refractivity contribution in [2.24, 2.45) is 16.7 Å². The van der Waals surface area contributed by atoms with Crippen molar-refractivity contribution in [1.82, 2.24) is 0 Å². The highest BCUT2D eigenvalue weighted by Crippen LogP contribution is 2.56. The molecule has 0 aromatic carbocycles. The van der Waals surface area contributed by atoms with Crippen molar-refractivity contribution in [2.75, 3.05) is 0 Å². The van der Waals surface area contributed by atoms with Crippen LogP contribution in [-0.2, 0) is 4.79 Å². The molecule has 15 heavy (non-hydrogen) atoms. The molecule has 2 nitrogen and oxygen atoms in total. The third-order valence-corrected chi connectivity index (χ3v) is 4.50. The first-order valence-electron chi connectivity index (χ1n) is 5.93. The van der Waals surface area contributed by atoms with E-state index in [4.69, 9.17) is 0 Å². The van der Waals surface area contributed by atoms with Crippen LogP contribution in [0.1, 0.15) is 52.4 Å². The lowest BCUT2D eigenvalue weighted by Crippen LogP contribution is -2.47. The second-order valence-corrected chi connectivity index (χ2v) is 5.92. The number of carbonyl (C=O) groups is 1. The quantitative estimate of drug-likeness (QED) is 0.609. The maximum absolute atomic E-state index is 11.5.